The van der Waals surface area contributed by atoms with Gasteiger partial charge in [-0.2, -0.15) is 0 Å². The molecule has 0 spiro atoms. The van der Waals surface area contributed by atoms with Crippen molar-refractivity contribution >= 4 is 34.7 Å². The minimum absolute atomic E-state index is 0.00645. The topological polar surface area (TPSA) is 73.3 Å². The molecule has 2 atom stereocenters. The first-order valence-corrected chi connectivity index (χ1v) is 10.6. The zero-order valence-electron chi connectivity index (χ0n) is 16.8. The quantitative estimate of drug-likeness (QED) is 0.693. The second-order valence-electron chi connectivity index (χ2n) is 7.26. The summed E-state index contributed by atoms with van der Waals surface area (Å²) in [5.41, 5.74) is 1.52. The van der Waals surface area contributed by atoms with E-state index in [0.717, 1.165) is 5.56 Å². The van der Waals surface area contributed by atoms with Crippen LogP contribution in [0.2, 0.25) is 0 Å². The third-order valence-corrected chi connectivity index (χ3v) is 6.36. The molecule has 2 aliphatic rings. The number of ketones is 1. The second-order valence-corrected chi connectivity index (χ2v) is 8.20. The molecule has 8 heteroatoms. The number of benzene rings is 2. The number of likely N-dealkylation sites (N-methyl/N-ethyl adjacent to an activating group) is 2. The van der Waals surface area contributed by atoms with Gasteiger partial charge in [0.15, 0.2) is 23.2 Å². The molecule has 1 fully saturated rings. The van der Waals surface area contributed by atoms with Crippen molar-refractivity contribution in [3.63, 3.8) is 0 Å². The van der Waals surface area contributed by atoms with Crippen LogP contribution in [-0.2, 0) is 11.3 Å². The third-order valence-electron chi connectivity index (χ3n) is 5.30. The molecule has 2 heterocycles. The van der Waals surface area contributed by atoms with Crippen LogP contribution in [0.4, 0.5) is 4.79 Å². The predicted molar refractivity (Wildman–Crippen MR) is 116 cm³/mol. The number of Topliss-reactive ketones (excluding diaryl/α,β-unsaturated/α-hetero) is 1. The lowest BCUT2D eigenvalue weighted by molar-refractivity contribution is -0.137. The molecule has 2 aliphatic heterocycles. The number of amides is 3. The highest BCUT2D eigenvalue weighted by Crippen LogP contribution is 2.31. The fraction of sp³-hybridized carbons (Fsp3) is 0.273. The molecular formula is C22H22N4O3S. The van der Waals surface area contributed by atoms with Crippen molar-refractivity contribution in [2.24, 2.45) is 4.99 Å². The van der Waals surface area contributed by atoms with E-state index in [4.69, 9.17) is 0 Å². The van der Waals surface area contributed by atoms with Gasteiger partial charge in [0.25, 0.3) is 5.91 Å². The maximum absolute atomic E-state index is 13.2. The molecule has 4 rings (SSSR count). The van der Waals surface area contributed by atoms with Crippen molar-refractivity contribution in [1.29, 1.82) is 0 Å². The average molecular weight is 423 g/mol. The number of hydrogen-bond acceptors (Lipinski definition) is 6. The summed E-state index contributed by atoms with van der Waals surface area (Å²) in [5, 5.41) is 0.587. The number of imide groups is 1. The maximum atomic E-state index is 13.2. The summed E-state index contributed by atoms with van der Waals surface area (Å²) < 4.78 is 0. The van der Waals surface area contributed by atoms with Crippen molar-refractivity contribution in [2.75, 3.05) is 19.8 Å². The van der Waals surface area contributed by atoms with E-state index in [0.29, 0.717) is 10.7 Å². The Kier molecular flexibility index (Phi) is 5.59. The number of fused-ring (bicyclic) bond motifs is 1. The number of nitrogens with zero attached hydrogens (tertiary/aromatic N) is 4. The molecule has 0 aromatic heterocycles. The van der Waals surface area contributed by atoms with Gasteiger partial charge >= 0.3 is 6.03 Å². The summed E-state index contributed by atoms with van der Waals surface area (Å²) in [7, 11) is 3.44. The van der Waals surface area contributed by atoms with E-state index >= 15 is 0 Å². The van der Waals surface area contributed by atoms with Crippen LogP contribution in [0, 0.1) is 0 Å². The monoisotopic (exact) mass is 422 g/mol. The number of rotatable bonds is 5. The molecule has 0 saturated carbocycles. The lowest BCUT2D eigenvalue weighted by atomic mass is 10.1. The highest BCUT2D eigenvalue weighted by Gasteiger charge is 2.50. The molecule has 3 amide bonds. The summed E-state index contributed by atoms with van der Waals surface area (Å²) in [4.78, 5) is 47.6. The van der Waals surface area contributed by atoms with Gasteiger partial charge in [-0.25, -0.2) is 9.79 Å². The van der Waals surface area contributed by atoms with E-state index in [1.165, 1.54) is 21.6 Å². The van der Waals surface area contributed by atoms with Gasteiger partial charge in [-0.3, -0.25) is 14.5 Å². The van der Waals surface area contributed by atoms with Gasteiger partial charge in [0.1, 0.15) is 0 Å². The summed E-state index contributed by atoms with van der Waals surface area (Å²) in [6, 6.07) is 17.5. The number of hydrogen-bond donors (Lipinski definition) is 0. The minimum atomic E-state index is -0.592. The standard InChI is InChI=1S/C22H22N4O3S/c1-24-18-19(23-21(24)30-14-17(27)16-11-7-4-8-12-16)25(2)22(29)26(20(18)28)13-15-9-5-3-6-10-15/h3-12,18-19H,13-14H2,1-2H3. The fourth-order valence-electron chi connectivity index (χ4n) is 3.63. The van der Waals surface area contributed by atoms with Crippen LogP contribution >= 0.6 is 11.8 Å². The molecule has 2 unspecified atom stereocenters. The van der Waals surface area contributed by atoms with Crippen LogP contribution in [0.15, 0.2) is 65.7 Å². The molecule has 1 saturated heterocycles. The van der Waals surface area contributed by atoms with Crippen LogP contribution in [0.25, 0.3) is 0 Å². The fourth-order valence-corrected chi connectivity index (χ4v) is 4.56. The highest BCUT2D eigenvalue weighted by molar-refractivity contribution is 8.14. The number of carbonyl (C=O) groups excluding carboxylic acids is 3. The van der Waals surface area contributed by atoms with E-state index in [1.54, 1.807) is 31.1 Å². The van der Waals surface area contributed by atoms with E-state index < -0.39 is 12.2 Å². The van der Waals surface area contributed by atoms with Gasteiger partial charge < -0.3 is 9.80 Å². The first-order chi connectivity index (χ1) is 14.5. The van der Waals surface area contributed by atoms with Gasteiger partial charge in [0, 0.05) is 19.7 Å². The highest BCUT2D eigenvalue weighted by atomic mass is 32.2. The summed E-state index contributed by atoms with van der Waals surface area (Å²) >= 11 is 1.29. The molecule has 2 aromatic carbocycles. The Hall–Kier alpha value is -3.13. The van der Waals surface area contributed by atoms with E-state index in [9.17, 15) is 14.4 Å². The second kappa shape index (κ2) is 8.31. The lowest BCUT2D eigenvalue weighted by Crippen LogP contribution is -2.64. The Morgan fingerprint density at radius 2 is 1.60 bits per heavy atom. The van der Waals surface area contributed by atoms with Crippen LogP contribution in [0.1, 0.15) is 15.9 Å². The number of aliphatic imine (C=N–C) groups is 1. The Labute approximate surface area is 179 Å². The molecule has 154 valence electrons. The molecular weight excluding hydrogens is 400 g/mol. The summed E-state index contributed by atoms with van der Waals surface area (Å²) in [6.07, 6.45) is -0.587. The molecule has 30 heavy (non-hydrogen) atoms. The Bertz CT molecular complexity index is 996. The van der Waals surface area contributed by atoms with Gasteiger partial charge in [-0.1, -0.05) is 72.4 Å². The number of thioether (sulfide) groups is 1. The zero-order valence-corrected chi connectivity index (χ0v) is 17.6. The SMILES string of the molecule is CN1C(=O)N(Cc2ccccc2)C(=O)C2C1N=C(SCC(=O)c1ccccc1)N2C. The van der Waals surface area contributed by atoms with Crippen molar-refractivity contribution in [1.82, 2.24) is 14.7 Å². The van der Waals surface area contributed by atoms with Crippen LogP contribution in [0.5, 0.6) is 0 Å². The molecule has 0 aliphatic carbocycles. The van der Waals surface area contributed by atoms with Crippen molar-refractivity contribution in [2.45, 2.75) is 18.8 Å². The molecule has 0 N–H and O–H groups in total. The van der Waals surface area contributed by atoms with Crippen LogP contribution < -0.4 is 0 Å². The van der Waals surface area contributed by atoms with Crippen LogP contribution in [0.3, 0.4) is 0 Å². The van der Waals surface area contributed by atoms with Crippen molar-refractivity contribution in [3.05, 3.63) is 71.8 Å². The Morgan fingerprint density at radius 3 is 2.27 bits per heavy atom. The maximum Gasteiger partial charge on any atom is 0.328 e. The summed E-state index contributed by atoms with van der Waals surface area (Å²) in [5.74, 6) is -0.0668. The van der Waals surface area contributed by atoms with Gasteiger partial charge in [0.05, 0.1) is 12.3 Å². The molecule has 2 aromatic rings. The number of amidine groups is 1. The van der Waals surface area contributed by atoms with Gasteiger partial charge in [-0.05, 0) is 5.56 Å². The Balaban J connectivity index is 1.48. The zero-order chi connectivity index (χ0) is 21.3. The average Bonchev–Trinajstić information content (AvgIpc) is 3.11. The van der Waals surface area contributed by atoms with E-state index in [1.807, 2.05) is 48.5 Å². The smallest absolute Gasteiger partial charge is 0.328 e. The van der Waals surface area contributed by atoms with E-state index in [-0.39, 0.29) is 30.0 Å². The largest absolute Gasteiger partial charge is 0.339 e. The van der Waals surface area contributed by atoms with Gasteiger partial charge in [0.2, 0.25) is 0 Å². The number of urea groups is 1. The molecule has 0 radical (unpaired) electrons. The first kappa shape index (κ1) is 20.2. The molecule has 7 nitrogen and oxygen atoms in total. The van der Waals surface area contributed by atoms with Crippen molar-refractivity contribution < 1.29 is 14.4 Å². The Morgan fingerprint density at radius 1 is 0.967 bits per heavy atom. The van der Waals surface area contributed by atoms with Gasteiger partial charge in [-0.15, -0.1) is 0 Å². The summed E-state index contributed by atoms with van der Waals surface area (Å²) in [6.45, 7) is 0.217. The number of carbonyl (C=O) groups is 3. The lowest BCUT2D eigenvalue weighted by Gasteiger charge is -2.40. The molecule has 0 bridgehead atoms. The van der Waals surface area contributed by atoms with E-state index in [2.05, 4.69) is 4.99 Å². The first-order valence-electron chi connectivity index (χ1n) is 9.61. The van der Waals surface area contributed by atoms with Crippen LogP contribution in [-0.4, -0.2) is 69.6 Å². The van der Waals surface area contributed by atoms with Crippen molar-refractivity contribution in [3.8, 4) is 0 Å². The normalized spacial score (nSPS) is 21.0. The minimum Gasteiger partial charge on any atom is -0.339 e. The third kappa shape index (κ3) is 3.70. The predicted octanol–water partition coefficient (Wildman–Crippen LogP) is 2.69.